The van der Waals surface area contributed by atoms with E-state index in [0.29, 0.717) is 18.0 Å². The minimum absolute atomic E-state index is 0.477. The SMILES string of the molecule is c1ccc2c(c1)[C@H]1CC[C@H]2N(c2cc(NC3CC3)ncn2)C1. The van der Waals surface area contributed by atoms with Crippen LogP contribution in [0.1, 0.15) is 48.8 Å². The lowest BCUT2D eigenvalue weighted by atomic mass is 9.75. The Labute approximate surface area is 130 Å². The van der Waals surface area contributed by atoms with Crippen molar-refractivity contribution in [3.05, 3.63) is 47.8 Å². The van der Waals surface area contributed by atoms with Crippen molar-refractivity contribution in [2.24, 2.45) is 0 Å². The van der Waals surface area contributed by atoms with E-state index in [1.165, 1.54) is 31.2 Å². The Balaban J connectivity index is 1.49. The van der Waals surface area contributed by atoms with Crippen LogP contribution in [-0.2, 0) is 0 Å². The fraction of sp³-hybridized carbons (Fsp3) is 0.444. The summed E-state index contributed by atoms with van der Waals surface area (Å²) in [5.74, 6) is 2.69. The first-order valence-corrected chi connectivity index (χ1v) is 8.32. The predicted molar refractivity (Wildman–Crippen MR) is 87.2 cm³/mol. The third-order valence-electron chi connectivity index (χ3n) is 5.25. The fourth-order valence-corrected chi connectivity index (χ4v) is 4.01. The first kappa shape index (κ1) is 12.4. The summed E-state index contributed by atoms with van der Waals surface area (Å²) in [6.07, 6.45) is 6.77. The van der Waals surface area contributed by atoms with Gasteiger partial charge in [0.25, 0.3) is 0 Å². The smallest absolute Gasteiger partial charge is 0.134 e. The minimum atomic E-state index is 0.477. The van der Waals surface area contributed by atoms with Crippen molar-refractivity contribution in [1.82, 2.24) is 9.97 Å². The number of hydrogen-bond donors (Lipinski definition) is 1. The van der Waals surface area contributed by atoms with E-state index in [4.69, 9.17) is 0 Å². The summed E-state index contributed by atoms with van der Waals surface area (Å²) in [6.45, 7) is 1.08. The summed E-state index contributed by atoms with van der Waals surface area (Å²) in [5.41, 5.74) is 3.06. The molecule has 2 aliphatic heterocycles. The molecule has 4 nitrogen and oxygen atoms in total. The molecule has 0 spiro atoms. The van der Waals surface area contributed by atoms with Crippen LogP contribution in [0.5, 0.6) is 0 Å². The number of fused-ring (bicyclic) bond motifs is 2. The molecule has 112 valence electrons. The first-order chi connectivity index (χ1) is 10.9. The van der Waals surface area contributed by atoms with Crippen LogP contribution >= 0.6 is 0 Å². The molecule has 1 aromatic heterocycles. The number of piperidine rings is 1. The molecule has 6 rings (SSSR count). The van der Waals surface area contributed by atoms with Gasteiger partial charge in [-0.15, -0.1) is 0 Å². The van der Waals surface area contributed by atoms with Gasteiger partial charge in [-0.05, 0) is 36.8 Å². The van der Waals surface area contributed by atoms with E-state index in [2.05, 4.69) is 50.5 Å². The van der Waals surface area contributed by atoms with Crippen LogP contribution in [0.15, 0.2) is 36.7 Å². The maximum absolute atomic E-state index is 4.56. The van der Waals surface area contributed by atoms with Gasteiger partial charge in [0.2, 0.25) is 0 Å². The average Bonchev–Trinajstić information content (AvgIpc) is 3.40. The van der Waals surface area contributed by atoms with Crippen LogP contribution in [0.3, 0.4) is 0 Å². The summed E-state index contributed by atoms with van der Waals surface area (Å²) in [7, 11) is 0. The molecule has 3 heterocycles. The average molecular weight is 292 g/mol. The van der Waals surface area contributed by atoms with Gasteiger partial charge in [-0.25, -0.2) is 9.97 Å². The molecule has 1 N–H and O–H groups in total. The summed E-state index contributed by atoms with van der Waals surface area (Å²) < 4.78 is 0. The molecule has 2 atom stereocenters. The van der Waals surface area contributed by atoms with E-state index in [1.807, 2.05) is 0 Å². The zero-order valence-corrected chi connectivity index (χ0v) is 12.6. The minimum Gasteiger partial charge on any atom is -0.367 e. The normalized spacial score (nSPS) is 25.9. The van der Waals surface area contributed by atoms with Crippen LogP contribution in [0.2, 0.25) is 0 Å². The lowest BCUT2D eigenvalue weighted by Crippen LogP contribution is -2.42. The predicted octanol–water partition coefficient (Wildman–Crippen LogP) is 3.49. The Kier molecular flexibility index (Phi) is 2.66. The fourth-order valence-electron chi connectivity index (χ4n) is 4.01. The topological polar surface area (TPSA) is 41.0 Å². The van der Waals surface area contributed by atoms with Crippen LogP contribution in [0.4, 0.5) is 11.6 Å². The van der Waals surface area contributed by atoms with E-state index < -0.39 is 0 Å². The molecule has 2 aromatic rings. The Morgan fingerprint density at radius 1 is 1.00 bits per heavy atom. The Hall–Kier alpha value is -2.10. The Morgan fingerprint density at radius 2 is 1.86 bits per heavy atom. The number of benzene rings is 1. The number of hydrogen-bond acceptors (Lipinski definition) is 4. The quantitative estimate of drug-likeness (QED) is 0.940. The highest BCUT2D eigenvalue weighted by Crippen LogP contribution is 2.47. The number of nitrogens with zero attached hydrogens (tertiary/aromatic N) is 3. The van der Waals surface area contributed by atoms with E-state index in [-0.39, 0.29) is 0 Å². The van der Waals surface area contributed by atoms with Crippen molar-refractivity contribution in [1.29, 1.82) is 0 Å². The number of anilines is 2. The van der Waals surface area contributed by atoms with Crippen molar-refractivity contribution < 1.29 is 0 Å². The lowest BCUT2D eigenvalue weighted by molar-refractivity contribution is 0.387. The number of rotatable bonds is 3. The standard InChI is InChI=1S/C18H20N4/c1-2-4-15-14(3-1)12-5-8-16(15)22(10-12)18-9-17(19-11-20-18)21-13-6-7-13/h1-4,9,11-13,16H,5-8,10H2,(H,19,20,21)/t12-,16+/m0/s1. The molecule has 0 radical (unpaired) electrons. The van der Waals surface area contributed by atoms with Crippen LogP contribution < -0.4 is 10.2 Å². The molecular weight excluding hydrogens is 272 g/mol. The maximum Gasteiger partial charge on any atom is 0.134 e. The van der Waals surface area contributed by atoms with Gasteiger partial charge in [0.15, 0.2) is 0 Å². The second-order valence-electron chi connectivity index (χ2n) is 6.75. The van der Waals surface area contributed by atoms with Gasteiger partial charge in [0.1, 0.15) is 18.0 Å². The van der Waals surface area contributed by atoms with Crippen molar-refractivity contribution in [3.8, 4) is 0 Å². The molecule has 1 saturated heterocycles. The maximum atomic E-state index is 4.56. The molecule has 2 aliphatic carbocycles. The summed E-state index contributed by atoms with van der Waals surface area (Å²) >= 11 is 0. The van der Waals surface area contributed by atoms with Gasteiger partial charge in [-0.2, -0.15) is 0 Å². The molecule has 1 aromatic carbocycles. The Morgan fingerprint density at radius 3 is 2.73 bits per heavy atom. The highest BCUT2D eigenvalue weighted by atomic mass is 15.2. The van der Waals surface area contributed by atoms with E-state index in [9.17, 15) is 0 Å². The van der Waals surface area contributed by atoms with Gasteiger partial charge in [0.05, 0.1) is 6.04 Å². The molecule has 4 heteroatoms. The van der Waals surface area contributed by atoms with Gasteiger partial charge < -0.3 is 10.2 Å². The summed E-state index contributed by atoms with van der Waals surface area (Å²) in [5, 5.41) is 3.48. The molecule has 1 saturated carbocycles. The zero-order chi connectivity index (χ0) is 14.5. The van der Waals surface area contributed by atoms with E-state index in [1.54, 1.807) is 11.9 Å². The van der Waals surface area contributed by atoms with Crippen LogP contribution in [0, 0.1) is 0 Å². The van der Waals surface area contributed by atoms with Gasteiger partial charge in [-0.3, -0.25) is 0 Å². The molecule has 2 fully saturated rings. The van der Waals surface area contributed by atoms with E-state index >= 15 is 0 Å². The molecule has 4 aliphatic rings. The van der Waals surface area contributed by atoms with Crippen molar-refractivity contribution >= 4 is 11.6 Å². The highest BCUT2D eigenvalue weighted by Gasteiger charge is 2.38. The first-order valence-electron chi connectivity index (χ1n) is 8.32. The van der Waals surface area contributed by atoms with Gasteiger partial charge in [-0.1, -0.05) is 24.3 Å². The largest absolute Gasteiger partial charge is 0.367 e. The van der Waals surface area contributed by atoms with Crippen molar-refractivity contribution in [2.45, 2.75) is 43.7 Å². The van der Waals surface area contributed by atoms with Crippen LogP contribution in [0.25, 0.3) is 0 Å². The van der Waals surface area contributed by atoms with Gasteiger partial charge >= 0.3 is 0 Å². The van der Waals surface area contributed by atoms with Gasteiger partial charge in [0, 0.05) is 24.6 Å². The number of nitrogens with one attached hydrogen (secondary N) is 1. The highest BCUT2D eigenvalue weighted by molar-refractivity contribution is 5.55. The lowest BCUT2D eigenvalue weighted by Gasteiger charge is -2.47. The van der Waals surface area contributed by atoms with E-state index in [0.717, 1.165) is 18.2 Å². The summed E-state index contributed by atoms with van der Waals surface area (Å²) in [4.78, 5) is 11.4. The van der Waals surface area contributed by atoms with Crippen LogP contribution in [-0.4, -0.2) is 22.6 Å². The second kappa shape index (κ2) is 4.70. The molecule has 2 bridgehead atoms. The second-order valence-corrected chi connectivity index (χ2v) is 6.75. The molecular formula is C18H20N4. The monoisotopic (exact) mass is 292 g/mol. The summed E-state index contributed by atoms with van der Waals surface area (Å²) in [6, 6.07) is 12.2. The Bertz CT molecular complexity index is 710. The van der Waals surface area contributed by atoms with Crippen molar-refractivity contribution in [2.75, 3.05) is 16.8 Å². The zero-order valence-electron chi connectivity index (χ0n) is 12.6. The number of aromatic nitrogens is 2. The molecule has 22 heavy (non-hydrogen) atoms. The third kappa shape index (κ3) is 1.97. The molecule has 0 unspecified atom stereocenters. The third-order valence-corrected chi connectivity index (χ3v) is 5.25. The van der Waals surface area contributed by atoms with Crippen molar-refractivity contribution in [3.63, 3.8) is 0 Å². The molecule has 0 amide bonds.